The summed E-state index contributed by atoms with van der Waals surface area (Å²) in [6.07, 6.45) is 8.07. The zero-order chi connectivity index (χ0) is 27.0. The number of fused-ring (bicyclic) bond motifs is 1. The first kappa shape index (κ1) is 24.6. The van der Waals surface area contributed by atoms with Crippen molar-refractivity contribution in [2.45, 2.75) is 11.4 Å². The molecule has 0 bridgehead atoms. The summed E-state index contributed by atoms with van der Waals surface area (Å²) in [5.74, 6) is 0.280. The largest absolute Gasteiger partial charge is 0.397 e. The van der Waals surface area contributed by atoms with Gasteiger partial charge in [0, 0.05) is 23.3 Å². The summed E-state index contributed by atoms with van der Waals surface area (Å²) in [6.45, 7) is 0.462. The molecule has 0 aliphatic carbocycles. The normalized spacial score (nSPS) is 11.6. The maximum atomic E-state index is 13.5. The van der Waals surface area contributed by atoms with E-state index in [2.05, 4.69) is 25.4 Å². The Kier molecular flexibility index (Phi) is 6.21. The summed E-state index contributed by atoms with van der Waals surface area (Å²) >= 11 is 6.54. The Balaban J connectivity index is 1.34. The van der Waals surface area contributed by atoms with Crippen LogP contribution in [0.5, 0.6) is 0 Å². The number of aromatic nitrogens is 6. The van der Waals surface area contributed by atoms with Gasteiger partial charge in [-0.15, -0.1) is 0 Å². The maximum absolute atomic E-state index is 13.5. The van der Waals surface area contributed by atoms with Crippen LogP contribution in [0.15, 0.2) is 103 Å². The van der Waals surface area contributed by atoms with Crippen LogP contribution in [0, 0.1) is 0 Å². The van der Waals surface area contributed by atoms with Gasteiger partial charge in [-0.3, -0.25) is 9.67 Å². The molecule has 39 heavy (non-hydrogen) atoms. The molecule has 6 rings (SSSR count). The average molecular weight is 557 g/mol. The van der Waals surface area contributed by atoms with E-state index in [-0.39, 0.29) is 15.9 Å². The van der Waals surface area contributed by atoms with Gasteiger partial charge < -0.3 is 11.1 Å². The van der Waals surface area contributed by atoms with E-state index in [9.17, 15) is 8.42 Å². The molecule has 0 unspecified atom stereocenters. The number of rotatable bonds is 7. The second-order valence-corrected chi connectivity index (χ2v) is 10.9. The number of anilines is 3. The van der Waals surface area contributed by atoms with Crippen molar-refractivity contribution in [2.75, 3.05) is 11.1 Å². The van der Waals surface area contributed by atoms with Gasteiger partial charge in [-0.25, -0.2) is 22.4 Å². The van der Waals surface area contributed by atoms with Crippen molar-refractivity contribution in [1.29, 1.82) is 0 Å². The van der Waals surface area contributed by atoms with Gasteiger partial charge in [0.05, 0.1) is 63.3 Å². The smallest absolute Gasteiger partial charge is 0.268 e. The molecule has 6 aromatic rings. The van der Waals surface area contributed by atoms with Gasteiger partial charge in [0.2, 0.25) is 5.95 Å². The molecule has 4 heterocycles. The minimum absolute atomic E-state index is 0.180. The zero-order valence-corrected chi connectivity index (χ0v) is 21.9. The van der Waals surface area contributed by atoms with Crippen molar-refractivity contribution in [3.8, 4) is 11.3 Å². The molecule has 0 atom stereocenters. The molecule has 0 saturated carbocycles. The molecule has 0 spiro atoms. The Labute approximate surface area is 228 Å². The highest BCUT2D eigenvalue weighted by Crippen LogP contribution is 2.36. The third kappa shape index (κ3) is 4.80. The number of nitrogen functional groups attached to an aromatic ring is 1. The van der Waals surface area contributed by atoms with E-state index in [0.717, 1.165) is 5.69 Å². The summed E-state index contributed by atoms with van der Waals surface area (Å²) < 4.78 is 30.0. The van der Waals surface area contributed by atoms with Gasteiger partial charge in [0.1, 0.15) is 0 Å². The van der Waals surface area contributed by atoms with Crippen molar-refractivity contribution in [3.05, 3.63) is 108 Å². The fraction of sp³-hybridized carbons (Fsp3) is 0.0370. The predicted molar refractivity (Wildman–Crippen MR) is 150 cm³/mol. The van der Waals surface area contributed by atoms with Crippen LogP contribution in [0.2, 0.25) is 5.02 Å². The number of halogens is 1. The number of pyridine rings is 1. The molecule has 12 heteroatoms. The van der Waals surface area contributed by atoms with E-state index in [1.807, 2.05) is 18.2 Å². The number of nitrogens with zero attached hydrogens (tertiary/aromatic N) is 6. The highest BCUT2D eigenvalue weighted by atomic mass is 35.5. The van der Waals surface area contributed by atoms with E-state index < -0.39 is 10.0 Å². The number of benzene rings is 2. The molecule has 0 radical (unpaired) electrons. The van der Waals surface area contributed by atoms with E-state index >= 15 is 0 Å². The minimum atomic E-state index is -3.86. The maximum Gasteiger partial charge on any atom is 0.268 e. The summed E-state index contributed by atoms with van der Waals surface area (Å²) in [7, 11) is -3.86. The van der Waals surface area contributed by atoms with Gasteiger partial charge >= 0.3 is 0 Å². The molecule has 0 saturated heterocycles. The van der Waals surface area contributed by atoms with E-state index in [4.69, 9.17) is 17.3 Å². The van der Waals surface area contributed by atoms with Gasteiger partial charge in [-0.05, 0) is 30.3 Å². The number of hydrogen-bond acceptors (Lipinski definition) is 8. The second-order valence-electron chi connectivity index (χ2n) is 8.70. The van der Waals surface area contributed by atoms with Crippen LogP contribution in [-0.4, -0.2) is 37.1 Å². The van der Waals surface area contributed by atoms with Gasteiger partial charge in [0.25, 0.3) is 10.0 Å². The van der Waals surface area contributed by atoms with Crippen molar-refractivity contribution in [1.82, 2.24) is 28.7 Å². The Morgan fingerprint density at radius 3 is 2.49 bits per heavy atom. The molecule has 0 fully saturated rings. The fourth-order valence-corrected chi connectivity index (χ4v) is 5.78. The van der Waals surface area contributed by atoms with Crippen LogP contribution in [0.1, 0.15) is 5.69 Å². The highest BCUT2D eigenvalue weighted by molar-refractivity contribution is 7.90. The first-order chi connectivity index (χ1) is 18.9. The summed E-state index contributed by atoms with van der Waals surface area (Å²) in [4.78, 5) is 13.4. The number of nitrogens with two attached hydrogens (primary N) is 1. The van der Waals surface area contributed by atoms with Crippen molar-refractivity contribution >= 4 is 49.9 Å². The number of hydrogen-bond donors (Lipinski definition) is 2. The van der Waals surface area contributed by atoms with Crippen LogP contribution in [0.25, 0.3) is 22.2 Å². The minimum Gasteiger partial charge on any atom is -0.397 e. The van der Waals surface area contributed by atoms with Gasteiger partial charge in [0.15, 0.2) is 0 Å². The van der Waals surface area contributed by atoms with E-state index in [1.165, 1.54) is 10.2 Å². The van der Waals surface area contributed by atoms with Gasteiger partial charge in [-0.2, -0.15) is 5.10 Å². The average Bonchev–Trinajstić information content (AvgIpc) is 3.56. The van der Waals surface area contributed by atoms with Crippen LogP contribution < -0.4 is 11.1 Å². The first-order valence-corrected chi connectivity index (χ1v) is 13.6. The molecule has 10 nitrogen and oxygen atoms in total. The number of nitrogens with one attached hydrogen (secondary N) is 1. The molecule has 2 aromatic carbocycles. The number of para-hydroxylation sites is 1. The Morgan fingerprint density at radius 1 is 0.897 bits per heavy atom. The van der Waals surface area contributed by atoms with Gasteiger partial charge in [-0.1, -0.05) is 48.0 Å². The standard InChI is InChI=1S/C27H21ClN8O2S/c28-24-14-31-27(33-20-13-32-35(16-20)15-19-11-10-18(29)12-30-19)34-26(24)23-17-36(25-9-5-4-8-22(23)25)39(37,38)21-6-2-1-3-7-21/h1-14,16-17H,15,29H2,(H,31,33,34). The third-order valence-corrected chi connectivity index (χ3v) is 8.00. The lowest BCUT2D eigenvalue weighted by molar-refractivity contribution is 0.589. The first-order valence-electron chi connectivity index (χ1n) is 11.8. The zero-order valence-electron chi connectivity index (χ0n) is 20.3. The topological polar surface area (TPSA) is 134 Å². The second kappa shape index (κ2) is 9.86. The fourth-order valence-electron chi connectivity index (χ4n) is 4.20. The SMILES string of the molecule is Nc1ccc(Cn2cc(Nc3ncc(Cl)c(-c4cn(S(=O)(=O)c5ccccc5)c5ccccc45)n3)cn2)nc1. The summed E-state index contributed by atoms with van der Waals surface area (Å²) in [6, 6.07) is 19.1. The molecule has 194 valence electrons. The molecule has 4 aromatic heterocycles. The van der Waals surface area contributed by atoms with Crippen molar-refractivity contribution < 1.29 is 8.42 Å². The Morgan fingerprint density at radius 2 is 1.69 bits per heavy atom. The molecule has 0 aliphatic heterocycles. The predicted octanol–water partition coefficient (Wildman–Crippen LogP) is 4.95. The third-order valence-electron chi connectivity index (χ3n) is 6.04. The lowest BCUT2D eigenvalue weighted by atomic mass is 10.1. The quantitative estimate of drug-likeness (QED) is 0.282. The Bertz CT molecular complexity index is 1900. The Hall–Kier alpha value is -4.74. The van der Waals surface area contributed by atoms with E-state index in [0.29, 0.717) is 40.1 Å². The van der Waals surface area contributed by atoms with Crippen molar-refractivity contribution in [3.63, 3.8) is 0 Å². The monoisotopic (exact) mass is 556 g/mol. The molecule has 0 aliphatic rings. The molecule has 3 N–H and O–H groups in total. The molecular formula is C27H21ClN8O2S. The van der Waals surface area contributed by atoms with Crippen LogP contribution in [-0.2, 0) is 16.6 Å². The molecular weight excluding hydrogens is 536 g/mol. The lowest BCUT2D eigenvalue weighted by Gasteiger charge is -2.07. The summed E-state index contributed by atoms with van der Waals surface area (Å²) in [5, 5.41) is 8.47. The molecule has 0 amide bonds. The van der Waals surface area contributed by atoms with E-state index in [1.54, 1.807) is 78.0 Å². The lowest BCUT2D eigenvalue weighted by Crippen LogP contribution is -2.11. The van der Waals surface area contributed by atoms with Crippen LogP contribution in [0.3, 0.4) is 0 Å². The van der Waals surface area contributed by atoms with Crippen molar-refractivity contribution in [2.24, 2.45) is 0 Å². The summed E-state index contributed by atoms with van der Waals surface area (Å²) in [5.41, 5.74) is 9.24. The highest BCUT2D eigenvalue weighted by Gasteiger charge is 2.23. The van der Waals surface area contributed by atoms with Crippen LogP contribution in [0.4, 0.5) is 17.3 Å². The van der Waals surface area contributed by atoms with Crippen LogP contribution >= 0.6 is 11.6 Å².